The van der Waals surface area contributed by atoms with Gasteiger partial charge in [0.1, 0.15) is 0 Å². The van der Waals surface area contributed by atoms with E-state index in [0.717, 1.165) is 13.0 Å². The van der Waals surface area contributed by atoms with E-state index in [1.165, 1.54) is 0 Å². The van der Waals surface area contributed by atoms with Gasteiger partial charge in [0.25, 0.3) is 5.91 Å². The maximum absolute atomic E-state index is 11.6. The normalized spacial score (nSPS) is 26.4. The van der Waals surface area contributed by atoms with Gasteiger partial charge in [-0.15, -0.1) is 0 Å². The predicted molar refractivity (Wildman–Crippen MR) is 58.5 cm³/mol. The van der Waals surface area contributed by atoms with Gasteiger partial charge in [-0.3, -0.25) is 9.59 Å². The largest absolute Gasteiger partial charge is 0.345 e. The molecule has 0 aromatic carbocycles. The molecule has 86 valence electrons. The summed E-state index contributed by atoms with van der Waals surface area (Å²) in [4.78, 5) is 23.2. The van der Waals surface area contributed by atoms with Crippen molar-refractivity contribution in [3.05, 3.63) is 0 Å². The number of Topliss-reactive ketones (excluding diaryl/α,β-unsaturated/α-hetero) is 1. The summed E-state index contributed by atoms with van der Waals surface area (Å²) in [6, 6.07) is 0.513. The molecule has 2 N–H and O–H groups in total. The van der Waals surface area contributed by atoms with E-state index in [1.54, 1.807) is 20.8 Å². The average Bonchev–Trinajstić information content (AvgIpc) is 2.48. The minimum Gasteiger partial charge on any atom is -0.345 e. The Hall–Kier alpha value is -0.900. The van der Waals surface area contributed by atoms with Crippen LogP contribution in [0, 0.1) is 5.41 Å². The molecule has 2 unspecified atom stereocenters. The highest BCUT2D eigenvalue weighted by Crippen LogP contribution is 2.15. The van der Waals surface area contributed by atoms with Gasteiger partial charge in [0.2, 0.25) is 5.78 Å². The molecule has 1 aliphatic heterocycles. The summed E-state index contributed by atoms with van der Waals surface area (Å²) in [5.74, 6) is -0.801. The van der Waals surface area contributed by atoms with Crippen LogP contribution in [0.2, 0.25) is 0 Å². The molecule has 0 spiro atoms. The van der Waals surface area contributed by atoms with Crippen LogP contribution >= 0.6 is 0 Å². The van der Waals surface area contributed by atoms with Crippen LogP contribution in [0.4, 0.5) is 0 Å². The number of hydrogen-bond donors (Lipinski definition) is 2. The maximum atomic E-state index is 11.6. The van der Waals surface area contributed by atoms with E-state index < -0.39 is 11.3 Å². The third-order valence-corrected chi connectivity index (χ3v) is 2.57. The molecule has 15 heavy (non-hydrogen) atoms. The Kier molecular flexibility index (Phi) is 3.50. The monoisotopic (exact) mass is 212 g/mol. The van der Waals surface area contributed by atoms with Crippen LogP contribution in [0.1, 0.15) is 34.1 Å². The van der Waals surface area contributed by atoms with Gasteiger partial charge < -0.3 is 10.6 Å². The lowest BCUT2D eigenvalue weighted by Crippen LogP contribution is -2.44. The van der Waals surface area contributed by atoms with Gasteiger partial charge in [0.15, 0.2) is 0 Å². The molecule has 4 heteroatoms. The summed E-state index contributed by atoms with van der Waals surface area (Å²) in [6.07, 6.45) is 0.892. The summed E-state index contributed by atoms with van der Waals surface area (Å²) < 4.78 is 0. The topological polar surface area (TPSA) is 58.2 Å². The van der Waals surface area contributed by atoms with Crippen molar-refractivity contribution in [1.82, 2.24) is 10.6 Å². The van der Waals surface area contributed by atoms with E-state index in [0.29, 0.717) is 6.04 Å². The lowest BCUT2D eigenvalue weighted by molar-refractivity contribution is -0.142. The SMILES string of the molecule is CC1CC(NC(=O)C(=O)C(C)(C)C)CN1. The quantitative estimate of drug-likeness (QED) is 0.654. The van der Waals surface area contributed by atoms with E-state index in [-0.39, 0.29) is 11.8 Å². The summed E-state index contributed by atoms with van der Waals surface area (Å²) >= 11 is 0. The van der Waals surface area contributed by atoms with Crippen molar-refractivity contribution in [2.75, 3.05) is 6.54 Å². The fourth-order valence-electron chi connectivity index (χ4n) is 1.64. The molecule has 2 atom stereocenters. The zero-order chi connectivity index (χ0) is 11.6. The van der Waals surface area contributed by atoms with Gasteiger partial charge >= 0.3 is 0 Å². The van der Waals surface area contributed by atoms with Crippen LogP contribution in [0.25, 0.3) is 0 Å². The standard InChI is InChI=1S/C11H20N2O2/c1-7-5-8(6-12-7)13-10(15)9(14)11(2,3)4/h7-8,12H,5-6H2,1-4H3,(H,13,15). The molecule has 0 bridgehead atoms. The fraction of sp³-hybridized carbons (Fsp3) is 0.818. The van der Waals surface area contributed by atoms with E-state index in [4.69, 9.17) is 0 Å². The lowest BCUT2D eigenvalue weighted by atomic mass is 9.90. The van der Waals surface area contributed by atoms with Gasteiger partial charge in [0, 0.05) is 24.0 Å². The molecule has 0 aliphatic carbocycles. The molecule has 1 saturated heterocycles. The maximum Gasteiger partial charge on any atom is 0.288 e. The zero-order valence-electron chi connectivity index (χ0n) is 9.89. The summed E-state index contributed by atoms with van der Waals surface area (Å²) in [6.45, 7) is 8.08. The highest BCUT2D eigenvalue weighted by atomic mass is 16.2. The molecule has 1 heterocycles. The predicted octanol–water partition coefficient (Wildman–Crippen LogP) is 0.468. The number of amides is 1. The summed E-state index contributed by atoms with van der Waals surface area (Å²) in [5.41, 5.74) is -0.596. The van der Waals surface area contributed by atoms with Gasteiger partial charge in [-0.2, -0.15) is 0 Å². The Labute approximate surface area is 90.8 Å². The molecule has 1 aliphatic rings. The Morgan fingerprint density at radius 3 is 2.33 bits per heavy atom. The van der Waals surface area contributed by atoms with Crippen molar-refractivity contribution < 1.29 is 9.59 Å². The Bertz CT molecular complexity index is 268. The smallest absolute Gasteiger partial charge is 0.288 e. The minimum atomic E-state index is -0.596. The van der Waals surface area contributed by atoms with Crippen molar-refractivity contribution in [3.63, 3.8) is 0 Å². The Balaban J connectivity index is 2.46. The number of carbonyl (C=O) groups excluding carboxylic acids is 2. The molecule has 0 radical (unpaired) electrons. The van der Waals surface area contributed by atoms with Gasteiger partial charge in [-0.25, -0.2) is 0 Å². The van der Waals surface area contributed by atoms with Crippen molar-refractivity contribution in [3.8, 4) is 0 Å². The fourth-order valence-corrected chi connectivity index (χ4v) is 1.64. The molecule has 4 nitrogen and oxygen atoms in total. The number of ketones is 1. The van der Waals surface area contributed by atoms with Crippen LogP contribution in [0.15, 0.2) is 0 Å². The second-order valence-electron chi connectivity index (χ2n) is 5.29. The molecule has 0 aromatic rings. The van der Waals surface area contributed by atoms with Gasteiger partial charge in [-0.1, -0.05) is 20.8 Å². The van der Waals surface area contributed by atoms with Crippen LogP contribution in [0.3, 0.4) is 0 Å². The first kappa shape index (κ1) is 12.2. The lowest BCUT2D eigenvalue weighted by Gasteiger charge is -2.18. The second kappa shape index (κ2) is 4.31. The Morgan fingerprint density at radius 2 is 1.93 bits per heavy atom. The third-order valence-electron chi connectivity index (χ3n) is 2.57. The molecule has 1 rings (SSSR count). The first-order chi connectivity index (χ1) is 6.80. The summed E-state index contributed by atoms with van der Waals surface area (Å²) in [5, 5.41) is 5.99. The zero-order valence-corrected chi connectivity index (χ0v) is 9.89. The van der Waals surface area contributed by atoms with E-state index in [1.807, 2.05) is 0 Å². The third kappa shape index (κ3) is 3.30. The highest BCUT2D eigenvalue weighted by molar-refractivity contribution is 6.37. The molecular weight excluding hydrogens is 192 g/mol. The van der Waals surface area contributed by atoms with Crippen LogP contribution in [-0.4, -0.2) is 30.3 Å². The van der Waals surface area contributed by atoms with Crippen LogP contribution in [-0.2, 0) is 9.59 Å². The molecule has 1 amide bonds. The van der Waals surface area contributed by atoms with E-state index in [9.17, 15) is 9.59 Å². The molecule has 1 fully saturated rings. The number of rotatable bonds is 2. The molecule has 0 aromatic heterocycles. The van der Waals surface area contributed by atoms with Gasteiger partial charge in [-0.05, 0) is 13.3 Å². The molecule has 0 saturated carbocycles. The second-order valence-corrected chi connectivity index (χ2v) is 5.29. The first-order valence-corrected chi connectivity index (χ1v) is 5.39. The molecular formula is C11H20N2O2. The highest BCUT2D eigenvalue weighted by Gasteiger charge is 2.31. The van der Waals surface area contributed by atoms with E-state index >= 15 is 0 Å². The van der Waals surface area contributed by atoms with Crippen LogP contribution < -0.4 is 10.6 Å². The van der Waals surface area contributed by atoms with Crippen molar-refractivity contribution >= 4 is 11.7 Å². The number of carbonyl (C=O) groups is 2. The number of nitrogens with one attached hydrogen (secondary N) is 2. The summed E-state index contributed by atoms with van der Waals surface area (Å²) in [7, 11) is 0. The van der Waals surface area contributed by atoms with Gasteiger partial charge in [0.05, 0.1) is 0 Å². The number of hydrogen-bond acceptors (Lipinski definition) is 3. The van der Waals surface area contributed by atoms with E-state index in [2.05, 4.69) is 17.6 Å². The first-order valence-electron chi connectivity index (χ1n) is 5.39. The average molecular weight is 212 g/mol. The van der Waals surface area contributed by atoms with Crippen molar-refractivity contribution in [2.45, 2.75) is 46.2 Å². The van der Waals surface area contributed by atoms with Crippen LogP contribution in [0.5, 0.6) is 0 Å². The minimum absolute atomic E-state index is 0.0961. The van der Waals surface area contributed by atoms with Crippen molar-refractivity contribution in [2.24, 2.45) is 5.41 Å². The Morgan fingerprint density at radius 1 is 1.33 bits per heavy atom. The van der Waals surface area contributed by atoms with Crippen molar-refractivity contribution in [1.29, 1.82) is 0 Å².